The summed E-state index contributed by atoms with van der Waals surface area (Å²) in [6.07, 6.45) is 3.86. The van der Waals surface area contributed by atoms with Crippen molar-refractivity contribution in [3.8, 4) is 0 Å². The molecule has 0 aromatic heterocycles. The van der Waals surface area contributed by atoms with Gasteiger partial charge in [0.15, 0.2) is 0 Å². The molecule has 110 valence electrons. The van der Waals surface area contributed by atoms with E-state index in [-0.39, 0.29) is 24.5 Å². The number of aliphatic hydroxyl groups is 1. The fraction of sp³-hybridized carbons (Fsp3) is 0.562. The molecule has 1 fully saturated rings. The van der Waals surface area contributed by atoms with Crippen LogP contribution in [0.1, 0.15) is 37.2 Å². The summed E-state index contributed by atoms with van der Waals surface area (Å²) in [4.78, 5) is 12.1. The number of aliphatic hydroxyl groups excluding tert-OH is 1. The van der Waals surface area contributed by atoms with E-state index in [9.17, 15) is 9.90 Å². The number of piperidine rings is 1. The Morgan fingerprint density at radius 2 is 2.15 bits per heavy atom. The lowest BCUT2D eigenvalue weighted by atomic mass is 9.95. The molecule has 2 rings (SSSR count). The van der Waals surface area contributed by atoms with Crippen molar-refractivity contribution in [3.05, 3.63) is 35.9 Å². The van der Waals surface area contributed by atoms with E-state index in [0.29, 0.717) is 13.0 Å². The molecule has 1 aromatic carbocycles. The van der Waals surface area contributed by atoms with Crippen molar-refractivity contribution in [1.82, 2.24) is 10.6 Å². The van der Waals surface area contributed by atoms with Crippen LogP contribution in [0.2, 0.25) is 0 Å². The van der Waals surface area contributed by atoms with Gasteiger partial charge < -0.3 is 15.7 Å². The Balaban J connectivity index is 1.87. The van der Waals surface area contributed by atoms with Crippen LogP contribution in [0.5, 0.6) is 0 Å². The van der Waals surface area contributed by atoms with Crippen molar-refractivity contribution in [2.45, 2.75) is 37.6 Å². The number of nitrogens with one attached hydrogen (secondary N) is 2. The highest BCUT2D eigenvalue weighted by atomic mass is 16.3. The van der Waals surface area contributed by atoms with Crippen molar-refractivity contribution in [2.75, 3.05) is 19.7 Å². The van der Waals surface area contributed by atoms with Gasteiger partial charge in [0.1, 0.15) is 0 Å². The third kappa shape index (κ3) is 4.32. The molecule has 4 nitrogen and oxygen atoms in total. The molecule has 0 saturated carbocycles. The van der Waals surface area contributed by atoms with Crippen molar-refractivity contribution < 1.29 is 9.90 Å². The summed E-state index contributed by atoms with van der Waals surface area (Å²) in [5.41, 5.74) is 1.17. The van der Waals surface area contributed by atoms with Gasteiger partial charge in [-0.1, -0.05) is 36.8 Å². The molecule has 4 heteroatoms. The topological polar surface area (TPSA) is 61.4 Å². The third-order valence-electron chi connectivity index (χ3n) is 3.90. The summed E-state index contributed by atoms with van der Waals surface area (Å²) in [5.74, 6) is 0.261. The van der Waals surface area contributed by atoms with Crippen LogP contribution in [0.3, 0.4) is 0 Å². The number of amides is 1. The molecule has 2 atom stereocenters. The van der Waals surface area contributed by atoms with E-state index in [2.05, 4.69) is 10.6 Å². The number of hydrogen-bond acceptors (Lipinski definition) is 3. The Hall–Kier alpha value is -1.39. The molecule has 1 heterocycles. The molecular formula is C16H24N2O2. The van der Waals surface area contributed by atoms with Crippen LogP contribution < -0.4 is 10.6 Å². The highest BCUT2D eigenvalue weighted by Gasteiger charge is 2.21. The lowest BCUT2D eigenvalue weighted by Gasteiger charge is -2.24. The Labute approximate surface area is 120 Å². The average molecular weight is 276 g/mol. The smallest absolute Gasteiger partial charge is 0.237 e. The monoisotopic (exact) mass is 276 g/mol. The summed E-state index contributed by atoms with van der Waals surface area (Å²) >= 11 is 0. The summed E-state index contributed by atoms with van der Waals surface area (Å²) in [7, 11) is 0. The zero-order chi connectivity index (χ0) is 14.2. The second-order valence-electron chi connectivity index (χ2n) is 5.37. The minimum atomic E-state index is -0.0469. The van der Waals surface area contributed by atoms with E-state index in [1.807, 2.05) is 30.3 Å². The fourth-order valence-electron chi connectivity index (χ4n) is 2.69. The van der Waals surface area contributed by atoms with Crippen LogP contribution in [-0.4, -0.2) is 36.8 Å². The molecule has 1 amide bonds. The number of benzene rings is 1. The standard InChI is InChI=1S/C16H24N2O2/c19-11-9-14(13-6-2-1-3-7-13)12-18-16(20)15-8-4-5-10-17-15/h1-3,6-7,14-15,17,19H,4-5,8-12H2,(H,18,20). The number of rotatable bonds is 6. The highest BCUT2D eigenvalue weighted by Crippen LogP contribution is 2.18. The molecule has 0 aliphatic carbocycles. The largest absolute Gasteiger partial charge is 0.396 e. The van der Waals surface area contributed by atoms with Gasteiger partial charge in [0.2, 0.25) is 5.91 Å². The molecule has 3 N–H and O–H groups in total. The van der Waals surface area contributed by atoms with Crippen LogP contribution in [0.4, 0.5) is 0 Å². The highest BCUT2D eigenvalue weighted by molar-refractivity contribution is 5.81. The lowest BCUT2D eigenvalue weighted by Crippen LogP contribution is -2.47. The molecule has 0 spiro atoms. The van der Waals surface area contributed by atoms with Gasteiger partial charge in [-0.2, -0.15) is 0 Å². The summed E-state index contributed by atoms with van der Waals surface area (Å²) in [5, 5.41) is 15.5. The van der Waals surface area contributed by atoms with Crippen molar-refractivity contribution in [2.24, 2.45) is 0 Å². The zero-order valence-corrected chi connectivity index (χ0v) is 11.8. The van der Waals surface area contributed by atoms with Gasteiger partial charge in [0, 0.05) is 19.1 Å². The minimum absolute atomic E-state index is 0.0469. The maximum atomic E-state index is 12.1. The van der Waals surface area contributed by atoms with E-state index < -0.39 is 0 Å². The SMILES string of the molecule is O=C(NCC(CCO)c1ccccc1)C1CCCCN1. The molecule has 1 aromatic rings. The first-order valence-electron chi connectivity index (χ1n) is 7.48. The van der Waals surface area contributed by atoms with Crippen molar-refractivity contribution >= 4 is 5.91 Å². The average Bonchev–Trinajstić information content (AvgIpc) is 2.53. The van der Waals surface area contributed by atoms with Gasteiger partial charge in [-0.25, -0.2) is 0 Å². The minimum Gasteiger partial charge on any atom is -0.396 e. The maximum absolute atomic E-state index is 12.1. The van der Waals surface area contributed by atoms with Crippen LogP contribution in [-0.2, 0) is 4.79 Å². The third-order valence-corrected chi connectivity index (χ3v) is 3.90. The van der Waals surface area contributed by atoms with E-state index in [4.69, 9.17) is 0 Å². The van der Waals surface area contributed by atoms with E-state index >= 15 is 0 Å². The Morgan fingerprint density at radius 3 is 2.80 bits per heavy atom. The van der Waals surface area contributed by atoms with E-state index in [1.54, 1.807) is 0 Å². The Morgan fingerprint density at radius 1 is 1.35 bits per heavy atom. The van der Waals surface area contributed by atoms with Crippen LogP contribution in [0.15, 0.2) is 30.3 Å². The predicted molar refractivity (Wildman–Crippen MR) is 79.5 cm³/mol. The first-order valence-corrected chi connectivity index (χ1v) is 7.48. The number of carbonyl (C=O) groups is 1. The van der Waals surface area contributed by atoms with Crippen molar-refractivity contribution in [1.29, 1.82) is 0 Å². The van der Waals surface area contributed by atoms with Crippen LogP contribution in [0, 0.1) is 0 Å². The molecule has 20 heavy (non-hydrogen) atoms. The summed E-state index contributed by atoms with van der Waals surface area (Å²) < 4.78 is 0. The molecule has 1 saturated heterocycles. The quantitative estimate of drug-likeness (QED) is 0.736. The van der Waals surface area contributed by atoms with E-state index in [0.717, 1.165) is 25.8 Å². The van der Waals surface area contributed by atoms with Gasteiger partial charge in [-0.3, -0.25) is 4.79 Å². The maximum Gasteiger partial charge on any atom is 0.237 e. The van der Waals surface area contributed by atoms with E-state index in [1.165, 1.54) is 5.56 Å². The first-order chi connectivity index (χ1) is 9.81. The molecule has 0 bridgehead atoms. The Bertz CT molecular complexity index is 402. The van der Waals surface area contributed by atoms with Gasteiger partial charge in [-0.15, -0.1) is 0 Å². The van der Waals surface area contributed by atoms with Crippen LogP contribution >= 0.6 is 0 Å². The molecule has 0 radical (unpaired) electrons. The predicted octanol–water partition coefficient (Wildman–Crippen LogP) is 1.41. The molecule has 1 aliphatic rings. The first kappa shape index (κ1) is 15.0. The Kier molecular flexibility index (Phi) is 6.02. The normalized spacial score (nSPS) is 20.4. The number of hydrogen-bond donors (Lipinski definition) is 3. The van der Waals surface area contributed by atoms with Gasteiger partial charge in [0.05, 0.1) is 6.04 Å². The van der Waals surface area contributed by atoms with Gasteiger partial charge in [-0.05, 0) is 31.4 Å². The number of carbonyl (C=O) groups excluding carboxylic acids is 1. The lowest BCUT2D eigenvalue weighted by molar-refractivity contribution is -0.123. The molecular weight excluding hydrogens is 252 g/mol. The summed E-state index contributed by atoms with van der Waals surface area (Å²) in [6.45, 7) is 1.65. The second kappa shape index (κ2) is 8.02. The van der Waals surface area contributed by atoms with Crippen molar-refractivity contribution in [3.63, 3.8) is 0 Å². The molecule has 2 unspecified atom stereocenters. The van der Waals surface area contributed by atoms with Crippen LogP contribution in [0.25, 0.3) is 0 Å². The molecule has 1 aliphatic heterocycles. The zero-order valence-electron chi connectivity index (χ0n) is 11.8. The fourth-order valence-corrected chi connectivity index (χ4v) is 2.69. The van der Waals surface area contributed by atoms with Gasteiger partial charge >= 0.3 is 0 Å². The second-order valence-corrected chi connectivity index (χ2v) is 5.37. The summed E-state index contributed by atoms with van der Waals surface area (Å²) in [6, 6.07) is 10.0. The van der Waals surface area contributed by atoms with Gasteiger partial charge in [0.25, 0.3) is 0 Å².